The van der Waals surface area contributed by atoms with Crippen LogP contribution in [0.1, 0.15) is 0 Å². The first-order valence-corrected chi connectivity index (χ1v) is 0. The Morgan fingerprint density at radius 1 is 0.500 bits per heavy atom. The summed E-state index contributed by atoms with van der Waals surface area (Å²) in [4.78, 5) is 0. The summed E-state index contributed by atoms with van der Waals surface area (Å²) in [6, 6.07) is 0. The van der Waals surface area contributed by atoms with Crippen LogP contribution in [0.5, 0.6) is 0 Å². The summed E-state index contributed by atoms with van der Waals surface area (Å²) in [7, 11) is 0. The van der Waals surface area contributed by atoms with E-state index in [2.05, 4.69) is 0 Å². The first kappa shape index (κ1) is 712. The van der Waals surface area contributed by atoms with Crippen LogP contribution in [-0.4, -0.2) is 16.4 Å². The van der Waals surface area contributed by atoms with Crippen LogP contribution in [-0.2, 0) is 20.1 Å². The first-order chi connectivity index (χ1) is 0. The minimum atomic E-state index is 0. The molecule has 47 valence electrons. The maximum absolute atomic E-state index is 0. The standard InChI is InChI=1S/2CH3.3H2O.Tc/h2*1H3;3*1H2;/q2*-1;;;;. The van der Waals surface area contributed by atoms with E-state index < -0.39 is 0 Å². The van der Waals surface area contributed by atoms with Crippen molar-refractivity contribution in [2.75, 3.05) is 0 Å². The predicted molar refractivity (Wildman–Crippen MR) is 23.7 cm³/mol. The summed E-state index contributed by atoms with van der Waals surface area (Å²) in [6.07, 6.45) is 0. The normalized spacial score (nSPS) is 0. The molecule has 4 heteroatoms. The van der Waals surface area contributed by atoms with Crippen molar-refractivity contribution < 1.29 is 36.5 Å². The van der Waals surface area contributed by atoms with Gasteiger partial charge in [-0.05, 0) is 0 Å². The molecule has 0 aliphatic carbocycles. The molecule has 0 fully saturated rings. The van der Waals surface area contributed by atoms with E-state index in [4.69, 9.17) is 0 Å². The molecule has 0 bridgehead atoms. The first-order valence-electron chi connectivity index (χ1n) is 0. The van der Waals surface area contributed by atoms with E-state index in [9.17, 15) is 0 Å². The second kappa shape index (κ2) is 405. The summed E-state index contributed by atoms with van der Waals surface area (Å²) in [6.45, 7) is 0. The maximum atomic E-state index is 0. The molecule has 6 N–H and O–H groups in total. The summed E-state index contributed by atoms with van der Waals surface area (Å²) < 4.78 is 0. The van der Waals surface area contributed by atoms with Gasteiger partial charge in [0.1, 0.15) is 0 Å². The number of hydrogen-bond acceptors (Lipinski definition) is 0. The Balaban J connectivity index is 0. The van der Waals surface area contributed by atoms with Crippen molar-refractivity contribution in [3.8, 4) is 0 Å². The van der Waals surface area contributed by atoms with Gasteiger partial charge in [0.2, 0.25) is 0 Å². The molecular formula is C2H12O3Tc-2. The molecule has 0 unspecified atom stereocenters. The van der Waals surface area contributed by atoms with Crippen molar-refractivity contribution >= 4 is 0 Å². The average Bonchev–Trinajstić information content (AvgIpc) is 0. The van der Waals surface area contributed by atoms with Gasteiger partial charge in [-0.25, -0.2) is 0 Å². The zero-order valence-corrected chi connectivity index (χ0v) is 5.74. The zero-order valence-electron chi connectivity index (χ0n) is 3.88. The maximum Gasteiger partial charge on any atom is 0 e. The van der Waals surface area contributed by atoms with Gasteiger partial charge in [-0.15, -0.1) is 0 Å². The molecule has 0 aromatic carbocycles. The molecule has 0 aliphatic rings. The van der Waals surface area contributed by atoms with Crippen LogP contribution in [0, 0.1) is 14.9 Å². The second-order valence-electron chi connectivity index (χ2n) is 0. The summed E-state index contributed by atoms with van der Waals surface area (Å²) in [5, 5.41) is 0. The molecule has 0 atom stereocenters. The predicted octanol–water partition coefficient (Wildman–Crippen LogP) is -1.58. The van der Waals surface area contributed by atoms with E-state index >= 15 is 0 Å². The Hall–Kier alpha value is 0.529. The van der Waals surface area contributed by atoms with Gasteiger partial charge in [-0.3, -0.25) is 0 Å². The summed E-state index contributed by atoms with van der Waals surface area (Å²) in [5.74, 6) is 0. The largest absolute Gasteiger partial charge is 0.412 e. The molecule has 0 amide bonds. The van der Waals surface area contributed by atoms with E-state index in [-0.39, 0.29) is 51.4 Å². The molecule has 3 nitrogen and oxygen atoms in total. The Bertz CT molecular complexity index is 8.75. The quantitative estimate of drug-likeness (QED) is 0.404. The Kier molecular flexibility index (Phi) is 48100. The van der Waals surface area contributed by atoms with Crippen LogP contribution in [0.4, 0.5) is 0 Å². The van der Waals surface area contributed by atoms with Gasteiger partial charge in [0.05, 0.1) is 0 Å². The third kappa shape index (κ3) is 201. The number of hydrogen-bond donors (Lipinski definition) is 0. The van der Waals surface area contributed by atoms with Crippen LogP contribution in [0.2, 0.25) is 0 Å². The van der Waals surface area contributed by atoms with Crippen molar-refractivity contribution in [3.63, 3.8) is 0 Å². The summed E-state index contributed by atoms with van der Waals surface area (Å²) >= 11 is 0. The van der Waals surface area contributed by atoms with Gasteiger partial charge >= 0.3 is 0 Å². The Labute approximate surface area is 52.0 Å². The van der Waals surface area contributed by atoms with Gasteiger partial charge in [-0.2, -0.15) is 0 Å². The fraction of sp³-hybridized carbons (Fsp3) is 0. The monoisotopic (exact) mass is 181 g/mol. The molecular weight excluding hydrogens is 170 g/mol. The van der Waals surface area contributed by atoms with Crippen LogP contribution < -0.4 is 0 Å². The molecule has 0 aromatic rings. The van der Waals surface area contributed by atoms with Crippen molar-refractivity contribution in [1.82, 2.24) is 0 Å². The Morgan fingerprint density at radius 2 is 0.500 bits per heavy atom. The SMILES string of the molecule is O.O.O.[CH3-].[CH3-].[Tc]. The van der Waals surface area contributed by atoms with Gasteiger partial charge in [-0.1, -0.05) is 0 Å². The van der Waals surface area contributed by atoms with Gasteiger partial charge in [0.15, 0.2) is 0 Å². The van der Waals surface area contributed by atoms with Crippen molar-refractivity contribution in [1.29, 1.82) is 0 Å². The minimum absolute atomic E-state index is 0. The van der Waals surface area contributed by atoms with Crippen LogP contribution in [0.3, 0.4) is 0 Å². The zero-order chi connectivity index (χ0) is 0. The van der Waals surface area contributed by atoms with E-state index in [1.807, 2.05) is 0 Å². The van der Waals surface area contributed by atoms with Gasteiger partial charge in [0, 0.05) is 20.1 Å². The molecule has 0 aliphatic heterocycles. The fourth-order valence-corrected chi connectivity index (χ4v) is 0. The smallest absolute Gasteiger partial charge is 0 e. The third-order valence-corrected chi connectivity index (χ3v) is 0. The molecule has 0 aromatic heterocycles. The topological polar surface area (TPSA) is 94.5 Å². The number of rotatable bonds is 0. The Morgan fingerprint density at radius 3 is 0.500 bits per heavy atom. The second-order valence-corrected chi connectivity index (χ2v) is 0. The summed E-state index contributed by atoms with van der Waals surface area (Å²) in [5.41, 5.74) is 0. The van der Waals surface area contributed by atoms with E-state index in [1.54, 1.807) is 0 Å². The fourth-order valence-electron chi connectivity index (χ4n) is 0. The van der Waals surface area contributed by atoms with Crippen molar-refractivity contribution in [2.45, 2.75) is 0 Å². The van der Waals surface area contributed by atoms with E-state index in [0.717, 1.165) is 0 Å². The van der Waals surface area contributed by atoms with Gasteiger partial charge in [0.25, 0.3) is 0 Å². The molecule has 1 radical (unpaired) electrons. The van der Waals surface area contributed by atoms with E-state index in [0.29, 0.717) is 0 Å². The molecule has 0 saturated heterocycles. The van der Waals surface area contributed by atoms with Gasteiger partial charge < -0.3 is 31.3 Å². The van der Waals surface area contributed by atoms with E-state index in [1.165, 1.54) is 0 Å². The molecule has 0 heterocycles. The van der Waals surface area contributed by atoms with Crippen molar-refractivity contribution in [2.24, 2.45) is 0 Å². The molecule has 0 saturated carbocycles. The average molecular weight is 182 g/mol. The van der Waals surface area contributed by atoms with Crippen molar-refractivity contribution in [3.05, 3.63) is 14.9 Å². The third-order valence-electron chi connectivity index (χ3n) is 0. The van der Waals surface area contributed by atoms with Crippen LogP contribution in [0.15, 0.2) is 0 Å². The minimum Gasteiger partial charge on any atom is -0.412 e. The van der Waals surface area contributed by atoms with Crippen LogP contribution >= 0.6 is 0 Å². The molecule has 0 rings (SSSR count). The molecule has 6 heavy (non-hydrogen) atoms. The molecule has 0 spiro atoms. The van der Waals surface area contributed by atoms with Crippen LogP contribution in [0.25, 0.3) is 0 Å².